The fourth-order valence-corrected chi connectivity index (χ4v) is 4.72. The molecule has 142 valence electrons. The highest BCUT2D eigenvalue weighted by atomic mass is 32.1. The number of nitrogens with one attached hydrogen (secondary N) is 1. The summed E-state index contributed by atoms with van der Waals surface area (Å²) in [6, 6.07) is 6.24. The number of likely N-dealkylation sites (tertiary alicyclic amines) is 1. The largest absolute Gasteiger partial charge is 0.359 e. The number of amides is 1. The first-order chi connectivity index (χ1) is 13.1. The zero-order valence-electron chi connectivity index (χ0n) is 15.5. The lowest BCUT2D eigenvalue weighted by Gasteiger charge is -2.22. The minimum absolute atomic E-state index is 0.0101. The maximum Gasteiger partial charge on any atom is 0.264 e. The summed E-state index contributed by atoms with van der Waals surface area (Å²) in [5, 5.41) is 3.87. The molecule has 0 bridgehead atoms. The highest BCUT2D eigenvalue weighted by molar-refractivity contribution is 7.14. The molecule has 0 aliphatic carbocycles. The molecule has 8 heteroatoms. The van der Waals surface area contributed by atoms with Gasteiger partial charge in [-0.3, -0.25) is 9.69 Å². The highest BCUT2D eigenvalue weighted by Crippen LogP contribution is 2.36. The minimum atomic E-state index is 0.0101. The molecular formula is C19H23N5O2S. The molecular weight excluding hydrogens is 362 g/mol. The van der Waals surface area contributed by atoms with Crippen molar-refractivity contribution >= 4 is 17.2 Å². The van der Waals surface area contributed by atoms with E-state index in [4.69, 9.17) is 4.52 Å². The SMILES string of the molecule is Cc1cc(CN(C)C(=O)c2ccc(C3CCCN3Cc3ncc[nH]3)s2)on1. The Labute approximate surface area is 162 Å². The summed E-state index contributed by atoms with van der Waals surface area (Å²) in [5.74, 6) is 1.69. The van der Waals surface area contributed by atoms with Gasteiger partial charge in [-0.15, -0.1) is 11.3 Å². The van der Waals surface area contributed by atoms with Crippen LogP contribution in [0.5, 0.6) is 0 Å². The monoisotopic (exact) mass is 385 g/mol. The van der Waals surface area contributed by atoms with Gasteiger partial charge in [-0.25, -0.2) is 4.98 Å². The van der Waals surface area contributed by atoms with E-state index < -0.39 is 0 Å². The maximum atomic E-state index is 12.8. The third-order valence-corrected chi connectivity index (χ3v) is 6.03. The first kappa shape index (κ1) is 17.9. The van der Waals surface area contributed by atoms with Crippen LogP contribution in [0.2, 0.25) is 0 Å². The summed E-state index contributed by atoms with van der Waals surface area (Å²) < 4.78 is 5.22. The van der Waals surface area contributed by atoms with E-state index in [2.05, 4.69) is 26.1 Å². The lowest BCUT2D eigenvalue weighted by molar-refractivity contribution is 0.0777. The predicted molar refractivity (Wildman–Crippen MR) is 102 cm³/mol. The van der Waals surface area contributed by atoms with Crippen LogP contribution < -0.4 is 0 Å². The predicted octanol–water partition coefficient (Wildman–Crippen LogP) is 3.38. The molecule has 0 aromatic carbocycles. The summed E-state index contributed by atoms with van der Waals surface area (Å²) in [5.41, 5.74) is 0.821. The van der Waals surface area contributed by atoms with Gasteiger partial charge in [0.1, 0.15) is 5.82 Å². The van der Waals surface area contributed by atoms with E-state index in [1.807, 2.05) is 25.3 Å². The maximum absolute atomic E-state index is 12.8. The molecule has 3 aromatic heterocycles. The Kier molecular flexibility index (Phi) is 5.09. The van der Waals surface area contributed by atoms with E-state index in [9.17, 15) is 4.79 Å². The molecule has 1 aliphatic heterocycles. The Morgan fingerprint density at radius 1 is 1.48 bits per heavy atom. The van der Waals surface area contributed by atoms with E-state index in [-0.39, 0.29) is 5.91 Å². The van der Waals surface area contributed by atoms with Gasteiger partial charge in [-0.1, -0.05) is 5.16 Å². The van der Waals surface area contributed by atoms with Crippen LogP contribution in [-0.2, 0) is 13.1 Å². The van der Waals surface area contributed by atoms with Crippen molar-refractivity contribution in [3.8, 4) is 0 Å². The number of aryl methyl sites for hydroxylation is 1. The first-order valence-electron chi connectivity index (χ1n) is 9.10. The van der Waals surface area contributed by atoms with Crippen LogP contribution in [0.15, 0.2) is 35.1 Å². The molecule has 1 aliphatic rings. The molecule has 0 spiro atoms. The molecule has 27 heavy (non-hydrogen) atoms. The number of hydrogen-bond acceptors (Lipinski definition) is 6. The Hall–Kier alpha value is -2.45. The minimum Gasteiger partial charge on any atom is -0.359 e. The number of H-pyrrole nitrogens is 1. The second-order valence-electron chi connectivity index (χ2n) is 6.96. The Morgan fingerprint density at radius 2 is 2.37 bits per heavy atom. The van der Waals surface area contributed by atoms with Crippen LogP contribution in [-0.4, -0.2) is 44.4 Å². The topological polar surface area (TPSA) is 78.3 Å². The van der Waals surface area contributed by atoms with Crippen molar-refractivity contribution in [3.63, 3.8) is 0 Å². The molecule has 1 unspecified atom stereocenters. The van der Waals surface area contributed by atoms with Crippen LogP contribution in [0.25, 0.3) is 0 Å². The quantitative estimate of drug-likeness (QED) is 0.704. The van der Waals surface area contributed by atoms with Gasteiger partial charge < -0.3 is 14.4 Å². The average molecular weight is 385 g/mol. The van der Waals surface area contributed by atoms with E-state index >= 15 is 0 Å². The summed E-state index contributed by atoms with van der Waals surface area (Å²) in [7, 11) is 1.79. The summed E-state index contributed by atoms with van der Waals surface area (Å²) in [6.45, 7) is 4.15. The van der Waals surface area contributed by atoms with E-state index in [1.165, 1.54) is 4.88 Å². The molecule has 1 amide bonds. The standard InChI is InChI=1S/C19H23N5O2S/c1-13-10-14(26-22-13)11-23(2)19(25)17-6-5-16(27-17)15-4-3-9-24(15)12-18-20-7-8-21-18/h5-8,10,15H,3-4,9,11-12H2,1-2H3,(H,20,21). The average Bonchev–Trinajstić information content (AvgIpc) is 3.42. The molecule has 4 rings (SSSR count). The van der Waals surface area contributed by atoms with Gasteiger partial charge in [-0.2, -0.15) is 0 Å². The zero-order valence-corrected chi connectivity index (χ0v) is 16.3. The number of nitrogens with zero attached hydrogens (tertiary/aromatic N) is 4. The van der Waals surface area contributed by atoms with Crippen molar-refractivity contribution in [2.75, 3.05) is 13.6 Å². The van der Waals surface area contributed by atoms with Gasteiger partial charge in [0.05, 0.1) is 23.7 Å². The van der Waals surface area contributed by atoms with Crippen LogP contribution in [0.1, 0.15) is 50.7 Å². The van der Waals surface area contributed by atoms with Crippen LogP contribution in [0.4, 0.5) is 0 Å². The number of carbonyl (C=O) groups is 1. The van der Waals surface area contributed by atoms with Crippen LogP contribution >= 0.6 is 11.3 Å². The normalized spacial score (nSPS) is 17.5. The molecule has 1 fully saturated rings. The Balaban J connectivity index is 1.43. The smallest absolute Gasteiger partial charge is 0.264 e. The number of hydrogen-bond donors (Lipinski definition) is 1. The molecule has 7 nitrogen and oxygen atoms in total. The second-order valence-corrected chi connectivity index (χ2v) is 8.08. The number of aromatic amines is 1. The zero-order chi connectivity index (χ0) is 18.8. The van der Waals surface area contributed by atoms with Gasteiger partial charge in [0.25, 0.3) is 5.91 Å². The third-order valence-electron chi connectivity index (χ3n) is 4.85. The number of carbonyl (C=O) groups excluding carboxylic acids is 1. The van der Waals surface area contributed by atoms with Gasteiger partial charge in [-0.05, 0) is 38.4 Å². The number of imidazole rings is 1. The second kappa shape index (κ2) is 7.66. The molecule has 0 radical (unpaired) electrons. The van der Waals surface area contributed by atoms with Crippen molar-refractivity contribution in [2.24, 2.45) is 0 Å². The lowest BCUT2D eigenvalue weighted by Crippen LogP contribution is -2.25. The third kappa shape index (κ3) is 3.96. The van der Waals surface area contributed by atoms with Gasteiger partial charge in [0, 0.05) is 36.4 Å². The lowest BCUT2D eigenvalue weighted by atomic mass is 10.2. The Morgan fingerprint density at radius 3 is 3.11 bits per heavy atom. The number of aromatic nitrogens is 3. The van der Waals surface area contributed by atoms with Crippen molar-refractivity contribution in [1.29, 1.82) is 0 Å². The fraction of sp³-hybridized carbons (Fsp3) is 0.421. The molecule has 1 N–H and O–H groups in total. The van der Waals surface area contributed by atoms with Crippen molar-refractivity contribution in [2.45, 2.75) is 38.9 Å². The van der Waals surface area contributed by atoms with Crippen molar-refractivity contribution in [1.82, 2.24) is 24.9 Å². The van der Waals surface area contributed by atoms with Gasteiger partial charge >= 0.3 is 0 Å². The molecule has 4 heterocycles. The van der Waals surface area contributed by atoms with Crippen LogP contribution in [0.3, 0.4) is 0 Å². The Bertz CT molecular complexity index is 901. The van der Waals surface area contributed by atoms with E-state index in [0.717, 1.165) is 42.3 Å². The number of rotatable bonds is 6. The fourth-order valence-electron chi connectivity index (χ4n) is 3.55. The summed E-state index contributed by atoms with van der Waals surface area (Å²) >= 11 is 1.59. The highest BCUT2D eigenvalue weighted by Gasteiger charge is 2.28. The summed E-state index contributed by atoms with van der Waals surface area (Å²) in [4.78, 5) is 26.4. The van der Waals surface area contributed by atoms with E-state index in [1.54, 1.807) is 29.5 Å². The first-order valence-corrected chi connectivity index (χ1v) is 9.91. The number of thiophene rings is 1. The van der Waals surface area contributed by atoms with Gasteiger partial charge in [0.2, 0.25) is 0 Å². The van der Waals surface area contributed by atoms with E-state index in [0.29, 0.717) is 18.3 Å². The molecule has 1 saturated heterocycles. The van der Waals surface area contributed by atoms with Crippen LogP contribution in [0, 0.1) is 6.92 Å². The molecule has 0 saturated carbocycles. The van der Waals surface area contributed by atoms with Crippen molar-refractivity contribution in [3.05, 3.63) is 57.6 Å². The molecule has 3 aromatic rings. The van der Waals surface area contributed by atoms with Crippen molar-refractivity contribution < 1.29 is 9.32 Å². The molecule has 1 atom stereocenters. The summed E-state index contributed by atoms with van der Waals surface area (Å²) in [6.07, 6.45) is 5.92. The van der Waals surface area contributed by atoms with Gasteiger partial charge in [0.15, 0.2) is 5.76 Å².